The lowest BCUT2D eigenvalue weighted by atomic mass is 10.3. The maximum Gasteiger partial charge on any atom is 0.250 e. The fourth-order valence-corrected chi connectivity index (χ4v) is 1.23. The highest BCUT2D eigenvalue weighted by molar-refractivity contribution is 5.91. The van der Waals surface area contributed by atoms with E-state index in [0.717, 1.165) is 0 Å². The lowest BCUT2D eigenvalue weighted by Gasteiger charge is -2.08. The SMILES string of the molecule is CC(=O)NCCOc1ccc(NC(=O)CO)cc1. The van der Waals surface area contributed by atoms with Crippen LogP contribution in [0.4, 0.5) is 5.69 Å². The van der Waals surface area contributed by atoms with E-state index in [2.05, 4.69) is 10.6 Å². The molecule has 0 saturated heterocycles. The van der Waals surface area contributed by atoms with Crippen LogP contribution in [0.1, 0.15) is 6.92 Å². The number of aliphatic hydroxyl groups is 1. The standard InChI is InChI=1S/C12H16N2O4/c1-9(16)13-6-7-18-11-4-2-10(3-5-11)14-12(17)8-15/h2-5,15H,6-8H2,1H3,(H,13,16)(H,14,17). The first kappa shape index (κ1) is 14.0. The van der Waals surface area contributed by atoms with Gasteiger partial charge in [0.05, 0.1) is 6.54 Å². The van der Waals surface area contributed by atoms with E-state index >= 15 is 0 Å². The van der Waals surface area contributed by atoms with Gasteiger partial charge in [0.1, 0.15) is 19.0 Å². The van der Waals surface area contributed by atoms with Gasteiger partial charge in [-0.2, -0.15) is 0 Å². The molecule has 0 aromatic heterocycles. The van der Waals surface area contributed by atoms with E-state index in [-0.39, 0.29) is 5.91 Å². The van der Waals surface area contributed by atoms with Crippen LogP contribution < -0.4 is 15.4 Å². The topological polar surface area (TPSA) is 87.7 Å². The Morgan fingerprint density at radius 2 is 1.94 bits per heavy atom. The van der Waals surface area contributed by atoms with Gasteiger partial charge in [-0.15, -0.1) is 0 Å². The molecule has 0 fully saturated rings. The van der Waals surface area contributed by atoms with Gasteiger partial charge < -0.3 is 20.5 Å². The van der Waals surface area contributed by atoms with Crippen molar-refractivity contribution in [2.45, 2.75) is 6.92 Å². The Morgan fingerprint density at radius 3 is 2.50 bits per heavy atom. The first-order valence-electron chi connectivity index (χ1n) is 5.50. The van der Waals surface area contributed by atoms with Crippen LogP contribution in [0.5, 0.6) is 5.75 Å². The van der Waals surface area contributed by atoms with Gasteiger partial charge in [0.2, 0.25) is 11.8 Å². The van der Waals surface area contributed by atoms with Gasteiger partial charge in [-0.25, -0.2) is 0 Å². The molecule has 0 unspecified atom stereocenters. The maximum atomic E-state index is 10.9. The molecular formula is C12H16N2O4. The Bertz CT molecular complexity index is 403. The number of ether oxygens (including phenoxy) is 1. The molecule has 0 aliphatic heterocycles. The number of carbonyl (C=O) groups excluding carboxylic acids is 2. The molecule has 18 heavy (non-hydrogen) atoms. The second-order valence-electron chi connectivity index (χ2n) is 3.56. The smallest absolute Gasteiger partial charge is 0.250 e. The summed E-state index contributed by atoms with van der Waals surface area (Å²) in [5, 5.41) is 13.7. The van der Waals surface area contributed by atoms with Crippen LogP contribution in [0.25, 0.3) is 0 Å². The van der Waals surface area contributed by atoms with E-state index in [1.165, 1.54) is 6.92 Å². The quantitative estimate of drug-likeness (QED) is 0.628. The predicted molar refractivity (Wildman–Crippen MR) is 66.3 cm³/mol. The van der Waals surface area contributed by atoms with E-state index in [9.17, 15) is 9.59 Å². The number of benzene rings is 1. The van der Waals surface area contributed by atoms with Crippen LogP contribution in [-0.2, 0) is 9.59 Å². The molecule has 2 amide bonds. The number of aliphatic hydroxyl groups excluding tert-OH is 1. The van der Waals surface area contributed by atoms with Gasteiger partial charge >= 0.3 is 0 Å². The van der Waals surface area contributed by atoms with Crippen LogP contribution in [0, 0.1) is 0 Å². The fraction of sp³-hybridized carbons (Fsp3) is 0.333. The Morgan fingerprint density at radius 1 is 1.28 bits per heavy atom. The molecule has 0 aliphatic carbocycles. The third-order valence-electron chi connectivity index (χ3n) is 2.03. The van der Waals surface area contributed by atoms with Gasteiger partial charge in [-0.1, -0.05) is 0 Å². The molecule has 6 heteroatoms. The summed E-state index contributed by atoms with van der Waals surface area (Å²) in [5.41, 5.74) is 0.586. The number of anilines is 1. The van der Waals surface area contributed by atoms with Crippen LogP contribution >= 0.6 is 0 Å². The second-order valence-corrected chi connectivity index (χ2v) is 3.56. The van der Waals surface area contributed by atoms with Gasteiger partial charge in [-0.05, 0) is 24.3 Å². The minimum Gasteiger partial charge on any atom is -0.492 e. The third kappa shape index (κ3) is 5.31. The lowest BCUT2D eigenvalue weighted by Crippen LogP contribution is -2.25. The molecule has 0 heterocycles. The number of nitrogens with one attached hydrogen (secondary N) is 2. The van der Waals surface area contributed by atoms with E-state index in [0.29, 0.717) is 24.6 Å². The van der Waals surface area contributed by atoms with Crippen LogP contribution in [0.15, 0.2) is 24.3 Å². The Kier molecular flexibility index (Phi) is 5.66. The minimum absolute atomic E-state index is 0.0966. The number of rotatable bonds is 6. The number of hydrogen-bond acceptors (Lipinski definition) is 4. The molecule has 0 aliphatic rings. The summed E-state index contributed by atoms with van der Waals surface area (Å²) in [6.07, 6.45) is 0. The van der Waals surface area contributed by atoms with Crippen molar-refractivity contribution in [1.82, 2.24) is 5.32 Å². The molecule has 1 aromatic carbocycles. The van der Waals surface area contributed by atoms with Crippen molar-refractivity contribution in [2.75, 3.05) is 25.1 Å². The highest BCUT2D eigenvalue weighted by Crippen LogP contribution is 2.15. The van der Waals surface area contributed by atoms with Crippen molar-refractivity contribution in [1.29, 1.82) is 0 Å². The van der Waals surface area contributed by atoms with E-state index in [4.69, 9.17) is 9.84 Å². The van der Waals surface area contributed by atoms with Gasteiger partial charge in [0, 0.05) is 12.6 Å². The van der Waals surface area contributed by atoms with Crippen molar-refractivity contribution in [3.63, 3.8) is 0 Å². The maximum absolute atomic E-state index is 10.9. The summed E-state index contributed by atoms with van der Waals surface area (Å²) >= 11 is 0. The van der Waals surface area contributed by atoms with Crippen molar-refractivity contribution < 1.29 is 19.4 Å². The van der Waals surface area contributed by atoms with Crippen molar-refractivity contribution in [3.8, 4) is 5.75 Å². The van der Waals surface area contributed by atoms with Crippen molar-refractivity contribution in [2.24, 2.45) is 0 Å². The molecule has 3 N–H and O–H groups in total. The second kappa shape index (κ2) is 7.29. The summed E-state index contributed by atoms with van der Waals surface area (Å²) in [7, 11) is 0. The Hall–Kier alpha value is -2.08. The highest BCUT2D eigenvalue weighted by Gasteiger charge is 2.00. The van der Waals surface area contributed by atoms with Gasteiger partial charge in [-0.3, -0.25) is 9.59 Å². The summed E-state index contributed by atoms with van der Waals surface area (Å²) in [4.78, 5) is 21.5. The van der Waals surface area contributed by atoms with Crippen LogP contribution in [0.2, 0.25) is 0 Å². The summed E-state index contributed by atoms with van der Waals surface area (Å²) in [5.74, 6) is 0.0809. The first-order chi connectivity index (χ1) is 8.61. The zero-order valence-corrected chi connectivity index (χ0v) is 10.1. The Labute approximate surface area is 105 Å². The summed E-state index contributed by atoms with van der Waals surface area (Å²) < 4.78 is 5.37. The molecule has 98 valence electrons. The third-order valence-corrected chi connectivity index (χ3v) is 2.03. The zero-order valence-electron chi connectivity index (χ0n) is 10.1. The summed E-state index contributed by atoms with van der Waals surface area (Å²) in [6.45, 7) is 1.72. The van der Waals surface area contributed by atoms with Crippen LogP contribution in [0.3, 0.4) is 0 Å². The molecule has 1 aromatic rings. The molecular weight excluding hydrogens is 236 g/mol. The van der Waals surface area contributed by atoms with Crippen molar-refractivity contribution in [3.05, 3.63) is 24.3 Å². The van der Waals surface area contributed by atoms with Crippen molar-refractivity contribution >= 4 is 17.5 Å². The monoisotopic (exact) mass is 252 g/mol. The molecule has 6 nitrogen and oxygen atoms in total. The highest BCUT2D eigenvalue weighted by atomic mass is 16.5. The number of amides is 2. The average Bonchev–Trinajstić information content (AvgIpc) is 2.36. The van der Waals surface area contributed by atoms with Gasteiger partial charge in [0.15, 0.2) is 0 Å². The molecule has 0 atom stereocenters. The average molecular weight is 252 g/mol. The lowest BCUT2D eigenvalue weighted by molar-refractivity contribution is -0.119. The first-order valence-corrected chi connectivity index (χ1v) is 5.50. The molecule has 0 spiro atoms. The van der Waals surface area contributed by atoms with E-state index in [1.54, 1.807) is 24.3 Å². The predicted octanol–water partition coefficient (Wildman–Crippen LogP) is 0.132. The minimum atomic E-state index is -0.547. The van der Waals surface area contributed by atoms with E-state index in [1.807, 2.05) is 0 Å². The zero-order chi connectivity index (χ0) is 13.4. The fourth-order valence-electron chi connectivity index (χ4n) is 1.23. The van der Waals surface area contributed by atoms with E-state index < -0.39 is 12.5 Å². The molecule has 0 radical (unpaired) electrons. The number of hydrogen-bond donors (Lipinski definition) is 3. The molecule has 0 saturated carbocycles. The van der Waals surface area contributed by atoms with Gasteiger partial charge in [0.25, 0.3) is 0 Å². The van der Waals surface area contributed by atoms with Crippen LogP contribution in [-0.4, -0.2) is 36.7 Å². The summed E-state index contributed by atoms with van der Waals surface area (Å²) in [6, 6.07) is 6.73. The normalized spacial score (nSPS) is 9.67. The number of carbonyl (C=O) groups is 2. The molecule has 1 rings (SSSR count). The largest absolute Gasteiger partial charge is 0.492 e. The Balaban J connectivity index is 2.36. The molecule has 0 bridgehead atoms.